The average molecular weight is 523 g/mol. The molecule has 3 N–H and O–H groups in total. The minimum Gasteiger partial charge on any atom is -0.392 e. The van der Waals surface area contributed by atoms with Gasteiger partial charge in [0.25, 0.3) is 11.1 Å². The normalized spacial score (nSPS) is 11.0. The van der Waals surface area contributed by atoms with Crippen LogP contribution in [0.2, 0.25) is 0 Å². The van der Waals surface area contributed by atoms with Crippen LogP contribution in [-0.2, 0) is 13.7 Å². The van der Waals surface area contributed by atoms with Gasteiger partial charge in [0.15, 0.2) is 0 Å². The Balaban J connectivity index is 1.62. The predicted octanol–water partition coefficient (Wildman–Crippen LogP) is 4.10. The third kappa shape index (κ3) is 4.87. The van der Waals surface area contributed by atoms with Crippen molar-refractivity contribution < 1.29 is 5.11 Å². The van der Waals surface area contributed by atoms with E-state index in [2.05, 4.69) is 15.6 Å². The number of fused-ring (bicyclic) bond motifs is 1. The van der Waals surface area contributed by atoms with Gasteiger partial charge in [-0.25, -0.2) is 4.98 Å². The molecule has 0 aliphatic rings. The summed E-state index contributed by atoms with van der Waals surface area (Å²) in [4.78, 5) is 32.9. The summed E-state index contributed by atoms with van der Waals surface area (Å²) in [6.07, 6.45) is 3.45. The molecule has 0 aliphatic heterocycles. The van der Waals surface area contributed by atoms with Gasteiger partial charge >= 0.3 is 0 Å². The van der Waals surface area contributed by atoms with Gasteiger partial charge < -0.3 is 25.2 Å². The maximum atomic E-state index is 13.5. The van der Waals surface area contributed by atoms with E-state index in [9.17, 15) is 14.7 Å². The van der Waals surface area contributed by atoms with E-state index in [1.807, 2.05) is 73.6 Å². The summed E-state index contributed by atoms with van der Waals surface area (Å²) in [5.41, 5.74) is 3.51. The maximum absolute atomic E-state index is 13.5. The highest BCUT2D eigenvalue weighted by molar-refractivity contribution is 5.85. The average Bonchev–Trinajstić information content (AvgIpc) is 2.95. The van der Waals surface area contributed by atoms with Gasteiger partial charge in [-0.3, -0.25) is 14.2 Å². The molecule has 2 aromatic carbocycles. The second-order valence-corrected chi connectivity index (χ2v) is 9.46. The molecule has 0 radical (unpaired) electrons. The molecular formula is C30H30N6O3. The first kappa shape index (κ1) is 25.7. The lowest BCUT2D eigenvalue weighted by Crippen LogP contribution is -2.21. The van der Waals surface area contributed by atoms with E-state index in [1.54, 1.807) is 43.2 Å². The first-order valence-corrected chi connectivity index (χ1v) is 12.5. The van der Waals surface area contributed by atoms with Crippen LogP contribution >= 0.6 is 0 Å². The Labute approximate surface area is 225 Å². The molecule has 0 saturated heterocycles. The Morgan fingerprint density at radius 3 is 2.46 bits per heavy atom. The monoisotopic (exact) mass is 522 g/mol. The van der Waals surface area contributed by atoms with Crippen LogP contribution in [0.15, 0.2) is 88.7 Å². The lowest BCUT2D eigenvalue weighted by Gasteiger charge is -2.18. The lowest BCUT2D eigenvalue weighted by atomic mass is 9.99. The Morgan fingerprint density at radius 2 is 1.72 bits per heavy atom. The first-order chi connectivity index (χ1) is 18.8. The van der Waals surface area contributed by atoms with Crippen LogP contribution in [0.3, 0.4) is 0 Å². The summed E-state index contributed by atoms with van der Waals surface area (Å²) in [5.74, 6) is 1.19. The van der Waals surface area contributed by atoms with Crippen LogP contribution in [0.25, 0.3) is 27.6 Å². The number of rotatable bonds is 7. The Bertz CT molecular complexity index is 1810. The van der Waals surface area contributed by atoms with E-state index in [1.165, 1.54) is 4.57 Å². The summed E-state index contributed by atoms with van der Waals surface area (Å²) in [5, 5.41) is 18.0. The van der Waals surface area contributed by atoms with Gasteiger partial charge in [-0.2, -0.15) is 0 Å². The second kappa shape index (κ2) is 10.5. The van der Waals surface area contributed by atoms with Gasteiger partial charge in [0, 0.05) is 62.8 Å². The van der Waals surface area contributed by atoms with Crippen molar-refractivity contribution in [1.29, 1.82) is 0 Å². The van der Waals surface area contributed by atoms with Crippen molar-refractivity contribution in [3.63, 3.8) is 0 Å². The maximum Gasteiger partial charge on any atom is 0.274 e. The van der Waals surface area contributed by atoms with Crippen molar-refractivity contribution in [1.82, 2.24) is 14.1 Å². The van der Waals surface area contributed by atoms with E-state index in [0.717, 1.165) is 11.1 Å². The number of aliphatic hydroxyl groups excluding tert-OH is 1. The predicted molar refractivity (Wildman–Crippen MR) is 158 cm³/mol. The number of benzene rings is 2. The Hall–Kier alpha value is -4.89. The number of hydrogen-bond acceptors (Lipinski definition) is 7. The topological polar surface area (TPSA) is 104 Å². The van der Waals surface area contributed by atoms with Crippen molar-refractivity contribution in [3.05, 3.63) is 105 Å². The molecule has 9 heteroatoms. The minimum absolute atomic E-state index is 0.178. The van der Waals surface area contributed by atoms with Gasteiger partial charge in [-0.15, -0.1) is 0 Å². The molecule has 0 saturated carbocycles. The molecular weight excluding hydrogens is 492 g/mol. The quantitative estimate of drug-likeness (QED) is 0.296. The van der Waals surface area contributed by atoms with E-state index < -0.39 is 0 Å². The number of nitrogens with zero attached hydrogens (tertiary/aromatic N) is 4. The SMILES string of the molecule is CNc1cccc(Nc2cc(-c3cccc(-n4ccc5cc(N(C)C)ccc5c4=O)c3CO)cn(C)c2=O)n1. The number of nitrogens with one attached hydrogen (secondary N) is 2. The zero-order valence-electron chi connectivity index (χ0n) is 22.3. The number of pyridine rings is 3. The summed E-state index contributed by atoms with van der Waals surface area (Å²) in [6, 6.07) is 20.3. The molecule has 0 fully saturated rings. The van der Waals surface area contributed by atoms with Gasteiger partial charge in [-0.1, -0.05) is 18.2 Å². The molecule has 3 aromatic heterocycles. The van der Waals surface area contributed by atoms with Crippen molar-refractivity contribution in [2.45, 2.75) is 6.61 Å². The number of aliphatic hydroxyl groups is 1. The van der Waals surface area contributed by atoms with Crippen LogP contribution in [0.5, 0.6) is 0 Å². The fourth-order valence-corrected chi connectivity index (χ4v) is 4.67. The largest absolute Gasteiger partial charge is 0.392 e. The van der Waals surface area contributed by atoms with Crippen molar-refractivity contribution in [3.8, 4) is 16.8 Å². The lowest BCUT2D eigenvalue weighted by molar-refractivity contribution is 0.282. The van der Waals surface area contributed by atoms with Crippen LogP contribution < -0.4 is 26.7 Å². The van der Waals surface area contributed by atoms with E-state index in [4.69, 9.17) is 0 Å². The van der Waals surface area contributed by atoms with E-state index in [-0.39, 0.29) is 17.7 Å². The fraction of sp³-hybridized carbons (Fsp3) is 0.167. The molecule has 198 valence electrons. The zero-order valence-corrected chi connectivity index (χ0v) is 22.3. The molecule has 0 aliphatic carbocycles. The zero-order chi connectivity index (χ0) is 27.7. The van der Waals surface area contributed by atoms with Crippen molar-refractivity contribution >= 4 is 33.8 Å². The molecule has 0 bridgehead atoms. The van der Waals surface area contributed by atoms with Crippen LogP contribution in [0.4, 0.5) is 23.0 Å². The third-order valence-electron chi connectivity index (χ3n) is 6.74. The third-order valence-corrected chi connectivity index (χ3v) is 6.74. The summed E-state index contributed by atoms with van der Waals surface area (Å²) in [6.45, 7) is -0.299. The highest BCUT2D eigenvalue weighted by Crippen LogP contribution is 2.30. The fourth-order valence-electron chi connectivity index (χ4n) is 4.67. The van der Waals surface area contributed by atoms with Crippen LogP contribution in [-0.4, -0.2) is 40.4 Å². The van der Waals surface area contributed by atoms with E-state index in [0.29, 0.717) is 45.1 Å². The number of aryl methyl sites for hydroxylation is 1. The number of hydrogen-bond donors (Lipinski definition) is 3. The van der Waals surface area contributed by atoms with Gasteiger partial charge in [0.2, 0.25) is 0 Å². The first-order valence-electron chi connectivity index (χ1n) is 12.5. The molecule has 39 heavy (non-hydrogen) atoms. The molecule has 0 amide bonds. The summed E-state index contributed by atoms with van der Waals surface area (Å²) < 4.78 is 3.04. The number of anilines is 4. The molecule has 0 spiro atoms. The summed E-state index contributed by atoms with van der Waals surface area (Å²) >= 11 is 0. The highest BCUT2D eigenvalue weighted by Gasteiger charge is 2.16. The minimum atomic E-state index is -0.299. The van der Waals surface area contributed by atoms with Crippen molar-refractivity contribution in [2.24, 2.45) is 7.05 Å². The molecule has 5 aromatic rings. The molecule has 0 atom stereocenters. The van der Waals surface area contributed by atoms with Crippen molar-refractivity contribution in [2.75, 3.05) is 36.7 Å². The van der Waals surface area contributed by atoms with Crippen LogP contribution in [0.1, 0.15) is 5.56 Å². The van der Waals surface area contributed by atoms with E-state index >= 15 is 0 Å². The smallest absolute Gasteiger partial charge is 0.274 e. The Kier molecular flexibility index (Phi) is 6.91. The molecule has 5 rings (SSSR count). The van der Waals surface area contributed by atoms with Crippen LogP contribution in [0, 0.1) is 0 Å². The highest BCUT2D eigenvalue weighted by atomic mass is 16.3. The van der Waals surface area contributed by atoms with Gasteiger partial charge in [0.05, 0.1) is 12.3 Å². The molecule has 9 nitrogen and oxygen atoms in total. The molecule has 0 unspecified atom stereocenters. The Morgan fingerprint density at radius 1 is 0.949 bits per heavy atom. The molecule has 3 heterocycles. The van der Waals surface area contributed by atoms with Gasteiger partial charge in [0.1, 0.15) is 17.3 Å². The second-order valence-electron chi connectivity index (χ2n) is 9.46. The number of aromatic nitrogens is 3. The standard InChI is InChI=1S/C30H30N6O3/c1-31-27-9-6-10-28(33-27)32-25-16-20(17-35(4)30(25)39)22-7-5-8-26(24(22)18-37)36-14-13-19-15-21(34(2)3)11-12-23(19)29(36)38/h5-17,37H,18H2,1-4H3,(H2,31,32,33). The summed E-state index contributed by atoms with van der Waals surface area (Å²) in [7, 11) is 7.36. The van der Waals surface area contributed by atoms with Gasteiger partial charge in [-0.05, 0) is 59.5 Å².